The number of nitrogens with one attached hydrogen (secondary N) is 1. The zero-order valence-electron chi connectivity index (χ0n) is 15.4. The summed E-state index contributed by atoms with van der Waals surface area (Å²) in [4.78, 5) is 26.6. The molecule has 1 aliphatic carbocycles. The summed E-state index contributed by atoms with van der Waals surface area (Å²) in [5.74, 6) is -0.500. The Morgan fingerprint density at radius 3 is 2.77 bits per heavy atom. The van der Waals surface area contributed by atoms with Gasteiger partial charge >= 0.3 is 5.97 Å². The SMILES string of the molecule is CCCOC(=O)c1c(NC(=O)c2cccc(C)c2)sc2c1CCCCC2. The largest absolute Gasteiger partial charge is 0.462 e. The van der Waals surface area contributed by atoms with Crippen LogP contribution in [0.3, 0.4) is 0 Å². The standard InChI is InChI=1S/C21H25NO3S/c1-3-12-25-21(24)18-16-10-5-4-6-11-17(16)26-20(18)22-19(23)15-9-7-8-14(2)13-15/h7-9,13H,3-6,10-12H2,1-2H3,(H,22,23). The second-order valence-electron chi connectivity index (χ2n) is 6.73. The maximum atomic E-state index is 12.7. The van der Waals surface area contributed by atoms with E-state index in [1.165, 1.54) is 22.6 Å². The van der Waals surface area contributed by atoms with Crippen molar-refractivity contribution in [3.05, 3.63) is 51.4 Å². The van der Waals surface area contributed by atoms with Gasteiger partial charge in [0, 0.05) is 10.4 Å². The fraction of sp³-hybridized carbons (Fsp3) is 0.429. The van der Waals surface area contributed by atoms with Crippen LogP contribution >= 0.6 is 11.3 Å². The van der Waals surface area contributed by atoms with Crippen LogP contribution in [-0.2, 0) is 17.6 Å². The molecule has 0 atom stereocenters. The molecule has 1 aromatic carbocycles. The molecule has 26 heavy (non-hydrogen) atoms. The molecule has 0 bridgehead atoms. The number of aryl methyl sites for hydroxylation is 2. The highest BCUT2D eigenvalue weighted by Gasteiger charge is 2.26. The van der Waals surface area contributed by atoms with Gasteiger partial charge in [0.25, 0.3) is 5.91 Å². The maximum absolute atomic E-state index is 12.7. The Balaban J connectivity index is 1.92. The molecular formula is C21H25NO3S. The molecule has 0 unspecified atom stereocenters. The summed E-state index contributed by atoms with van der Waals surface area (Å²) in [6.07, 6.45) is 6.00. The molecule has 1 amide bonds. The maximum Gasteiger partial charge on any atom is 0.341 e. The summed E-state index contributed by atoms with van der Waals surface area (Å²) in [5, 5.41) is 3.60. The van der Waals surface area contributed by atoms with Crippen molar-refractivity contribution < 1.29 is 14.3 Å². The number of rotatable bonds is 5. The topological polar surface area (TPSA) is 55.4 Å². The zero-order chi connectivity index (χ0) is 18.5. The summed E-state index contributed by atoms with van der Waals surface area (Å²) in [5.41, 5.74) is 3.28. The van der Waals surface area contributed by atoms with Crippen LogP contribution in [-0.4, -0.2) is 18.5 Å². The van der Waals surface area contributed by atoms with Crippen molar-refractivity contribution >= 4 is 28.2 Å². The van der Waals surface area contributed by atoms with E-state index in [2.05, 4.69) is 5.32 Å². The van der Waals surface area contributed by atoms with Crippen molar-refractivity contribution in [1.29, 1.82) is 0 Å². The van der Waals surface area contributed by atoms with Gasteiger partial charge in [-0.2, -0.15) is 0 Å². The van der Waals surface area contributed by atoms with Gasteiger partial charge in [0.05, 0.1) is 12.2 Å². The number of thiophene rings is 1. The molecule has 0 saturated heterocycles. The Bertz CT molecular complexity index is 810. The first-order valence-corrected chi connectivity index (χ1v) is 10.1. The number of esters is 1. The lowest BCUT2D eigenvalue weighted by molar-refractivity contribution is 0.0505. The number of carbonyl (C=O) groups is 2. The average molecular weight is 372 g/mol. The molecule has 1 aromatic heterocycles. The highest BCUT2D eigenvalue weighted by molar-refractivity contribution is 7.17. The molecule has 0 radical (unpaired) electrons. The lowest BCUT2D eigenvalue weighted by Gasteiger charge is -2.09. The van der Waals surface area contributed by atoms with E-state index in [0.717, 1.165) is 43.2 Å². The minimum atomic E-state index is -0.314. The number of hydrogen-bond acceptors (Lipinski definition) is 4. The first-order valence-electron chi connectivity index (χ1n) is 9.29. The van der Waals surface area contributed by atoms with E-state index in [-0.39, 0.29) is 11.9 Å². The number of benzene rings is 1. The lowest BCUT2D eigenvalue weighted by Crippen LogP contribution is -2.15. The van der Waals surface area contributed by atoms with Crippen LogP contribution < -0.4 is 5.32 Å². The highest BCUT2D eigenvalue weighted by atomic mass is 32.1. The van der Waals surface area contributed by atoms with Crippen LogP contribution in [0.4, 0.5) is 5.00 Å². The van der Waals surface area contributed by atoms with Crippen LogP contribution in [0, 0.1) is 6.92 Å². The molecule has 4 nitrogen and oxygen atoms in total. The quantitative estimate of drug-likeness (QED) is 0.584. The first-order chi connectivity index (χ1) is 12.6. The van der Waals surface area contributed by atoms with Gasteiger partial charge in [-0.3, -0.25) is 4.79 Å². The van der Waals surface area contributed by atoms with Crippen LogP contribution in [0.25, 0.3) is 0 Å². The third kappa shape index (κ3) is 4.15. The number of carbonyl (C=O) groups excluding carboxylic acids is 2. The van der Waals surface area contributed by atoms with Gasteiger partial charge in [0.15, 0.2) is 0 Å². The summed E-state index contributed by atoms with van der Waals surface area (Å²) < 4.78 is 5.41. The third-order valence-electron chi connectivity index (χ3n) is 4.57. The van der Waals surface area contributed by atoms with Crippen LogP contribution in [0.2, 0.25) is 0 Å². The molecule has 0 aliphatic heterocycles. The lowest BCUT2D eigenvalue weighted by atomic mass is 10.1. The van der Waals surface area contributed by atoms with Crippen molar-refractivity contribution in [2.45, 2.75) is 52.4 Å². The summed E-state index contributed by atoms with van der Waals surface area (Å²) in [6, 6.07) is 7.46. The van der Waals surface area contributed by atoms with E-state index >= 15 is 0 Å². The molecule has 1 aliphatic rings. The minimum absolute atomic E-state index is 0.186. The molecular weight excluding hydrogens is 346 g/mol. The van der Waals surface area contributed by atoms with Gasteiger partial charge in [0.2, 0.25) is 0 Å². The van der Waals surface area contributed by atoms with Crippen molar-refractivity contribution in [2.75, 3.05) is 11.9 Å². The summed E-state index contributed by atoms with van der Waals surface area (Å²) in [7, 11) is 0. The normalized spacial score (nSPS) is 13.6. The smallest absolute Gasteiger partial charge is 0.341 e. The van der Waals surface area contributed by atoms with E-state index in [1.54, 1.807) is 6.07 Å². The van der Waals surface area contributed by atoms with Crippen molar-refractivity contribution in [2.24, 2.45) is 0 Å². The van der Waals surface area contributed by atoms with E-state index in [9.17, 15) is 9.59 Å². The Labute approximate surface area is 158 Å². The van der Waals surface area contributed by atoms with E-state index in [4.69, 9.17) is 4.74 Å². The van der Waals surface area contributed by atoms with Gasteiger partial charge in [0.1, 0.15) is 5.00 Å². The molecule has 0 spiro atoms. The first kappa shape index (κ1) is 18.6. The van der Waals surface area contributed by atoms with E-state index in [0.29, 0.717) is 22.7 Å². The van der Waals surface area contributed by atoms with Crippen LogP contribution in [0.15, 0.2) is 24.3 Å². The van der Waals surface area contributed by atoms with E-state index < -0.39 is 0 Å². The van der Waals surface area contributed by atoms with E-state index in [1.807, 2.05) is 32.0 Å². The minimum Gasteiger partial charge on any atom is -0.462 e. The van der Waals surface area contributed by atoms with Crippen molar-refractivity contribution in [1.82, 2.24) is 0 Å². The molecule has 5 heteroatoms. The Morgan fingerprint density at radius 2 is 2.00 bits per heavy atom. The Morgan fingerprint density at radius 1 is 1.19 bits per heavy atom. The number of anilines is 1. The van der Waals surface area contributed by atoms with Crippen LogP contribution in [0.5, 0.6) is 0 Å². The van der Waals surface area contributed by atoms with Gasteiger partial charge in [-0.15, -0.1) is 11.3 Å². The number of hydrogen-bond donors (Lipinski definition) is 1. The second-order valence-corrected chi connectivity index (χ2v) is 7.83. The zero-order valence-corrected chi connectivity index (χ0v) is 16.2. The molecule has 1 N–H and O–H groups in total. The molecule has 0 saturated carbocycles. The molecule has 0 fully saturated rings. The van der Waals surface area contributed by atoms with Gasteiger partial charge in [-0.1, -0.05) is 31.0 Å². The summed E-state index contributed by atoms with van der Waals surface area (Å²) >= 11 is 1.53. The fourth-order valence-electron chi connectivity index (χ4n) is 3.28. The van der Waals surface area contributed by atoms with Crippen molar-refractivity contribution in [3.63, 3.8) is 0 Å². The number of ether oxygens (including phenoxy) is 1. The van der Waals surface area contributed by atoms with Gasteiger partial charge in [-0.05, 0) is 56.7 Å². The number of amides is 1. The molecule has 2 aromatic rings. The summed E-state index contributed by atoms with van der Waals surface area (Å²) in [6.45, 7) is 4.33. The Hall–Kier alpha value is -2.14. The monoisotopic (exact) mass is 371 g/mol. The molecule has 3 rings (SSSR count). The highest BCUT2D eigenvalue weighted by Crippen LogP contribution is 2.38. The Kier molecular flexibility index (Phi) is 6.09. The van der Waals surface area contributed by atoms with Crippen molar-refractivity contribution in [3.8, 4) is 0 Å². The number of fused-ring (bicyclic) bond motifs is 1. The average Bonchev–Trinajstić information content (AvgIpc) is 2.80. The predicted octanol–water partition coefficient (Wildman–Crippen LogP) is 5.14. The third-order valence-corrected chi connectivity index (χ3v) is 5.78. The predicted molar refractivity (Wildman–Crippen MR) is 105 cm³/mol. The second kappa shape index (κ2) is 8.49. The van der Waals surface area contributed by atoms with Gasteiger partial charge < -0.3 is 10.1 Å². The molecule has 138 valence electrons. The van der Waals surface area contributed by atoms with Crippen LogP contribution in [0.1, 0.15) is 69.3 Å². The fourth-order valence-corrected chi connectivity index (χ4v) is 4.55. The molecule has 1 heterocycles. The van der Waals surface area contributed by atoms with Gasteiger partial charge in [-0.25, -0.2) is 4.79 Å².